The van der Waals surface area contributed by atoms with E-state index in [2.05, 4.69) is 77.6 Å². The predicted octanol–water partition coefficient (Wildman–Crippen LogP) is 9.66. The van der Waals surface area contributed by atoms with Gasteiger partial charge in [-0.3, -0.25) is 14.6 Å². The van der Waals surface area contributed by atoms with E-state index in [-0.39, 0.29) is 5.41 Å². The quantitative estimate of drug-likeness (QED) is 0.190. The molecule has 0 N–H and O–H groups in total. The Balaban J connectivity index is 1.57. The third-order valence-electron chi connectivity index (χ3n) is 8.87. The number of hydrogen-bond acceptors (Lipinski definition) is 5. The van der Waals surface area contributed by atoms with E-state index < -0.39 is 0 Å². The van der Waals surface area contributed by atoms with Crippen LogP contribution in [-0.4, -0.2) is 32.5 Å². The first-order valence-electron chi connectivity index (χ1n) is 15.1. The van der Waals surface area contributed by atoms with Crippen molar-refractivity contribution in [1.82, 2.24) is 19.5 Å². The number of fused-ring (bicyclic) bond motifs is 7. The average molecular weight is 583 g/mol. The van der Waals surface area contributed by atoms with Crippen molar-refractivity contribution in [2.24, 2.45) is 9.98 Å². The van der Waals surface area contributed by atoms with E-state index in [0.29, 0.717) is 23.3 Å². The fourth-order valence-corrected chi connectivity index (χ4v) is 6.92. The molecule has 0 atom stereocenters. The lowest BCUT2D eigenvalue weighted by atomic mass is 9.81. The highest BCUT2D eigenvalue weighted by atomic mass is 15.2. The Kier molecular flexibility index (Phi) is 6.07. The van der Waals surface area contributed by atoms with Gasteiger partial charge < -0.3 is 0 Å². The summed E-state index contributed by atoms with van der Waals surface area (Å²) in [7, 11) is 0. The summed E-state index contributed by atoms with van der Waals surface area (Å²) in [5, 5.41) is 2.14. The van der Waals surface area contributed by atoms with Gasteiger partial charge in [0.15, 0.2) is 11.6 Å². The largest absolute Gasteiger partial charge is 0.275 e. The van der Waals surface area contributed by atoms with Crippen LogP contribution in [0.2, 0.25) is 0 Å². The zero-order chi connectivity index (χ0) is 30.7. The van der Waals surface area contributed by atoms with E-state index >= 15 is 0 Å². The maximum Gasteiger partial charge on any atom is 0.238 e. The number of aromatic nitrogens is 4. The summed E-state index contributed by atoms with van der Waals surface area (Å²) in [6, 6.07) is 37.4. The second-order valence-corrected chi connectivity index (χ2v) is 11.8. The lowest BCUT2D eigenvalue weighted by Gasteiger charge is -2.23. The Bertz CT molecular complexity index is 2260. The molecule has 1 aliphatic carbocycles. The van der Waals surface area contributed by atoms with Crippen molar-refractivity contribution in [3.05, 3.63) is 120 Å². The van der Waals surface area contributed by atoms with Gasteiger partial charge in [-0.2, -0.15) is 9.97 Å². The molecule has 6 nitrogen and oxygen atoms in total. The molecular formula is C39H30N6. The first-order valence-corrected chi connectivity index (χ1v) is 15.1. The first-order chi connectivity index (χ1) is 22.0. The molecule has 1 aliphatic rings. The maximum absolute atomic E-state index is 5.19. The summed E-state index contributed by atoms with van der Waals surface area (Å²) in [6.07, 6.45) is 1.78. The topological polar surface area (TPSA) is 68.3 Å². The van der Waals surface area contributed by atoms with E-state index in [4.69, 9.17) is 15.0 Å². The number of aliphatic imine (C=N–C) groups is 2. The van der Waals surface area contributed by atoms with E-state index in [9.17, 15) is 0 Å². The van der Waals surface area contributed by atoms with E-state index in [1.165, 1.54) is 22.3 Å². The normalized spacial score (nSPS) is 13.4. The van der Waals surface area contributed by atoms with Crippen LogP contribution in [0.4, 0.5) is 11.4 Å². The van der Waals surface area contributed by atoms with Crippen LogP contribution >= 0.6 is 0 Å². The first kappa shape index (κ1) is 26.8. The van der Waals surface area contributed by atoms with Crippen LogP contribution in [0.5, 0.6) is 0 Å². The lowest BCUT2D eigenvalue weighted by molar-refractivity contribution is 0.663. The molecule has 0 spiro atoms. The second kappa shape index (κ2) is 10.2. The highest BCUT2D eigenvalue weighted by molar-refractivity contribution is 6.17. The van der Waals surface area contributed by atoms with Gasteiger partial charge in [0.2, 0.25) is 5.95 Å². The molecule has 0 fully saturated rings. The molecule has 0 unspecified atom stereocenters. The third kappa shape index (κ3) is 3.99. The average Bonchev–Trinajstić information content (AvgIpc) is 3.54. The van der Waals surface area contributed by atoms with Crippen LogP contribution in [0.15, 0.2) is 119 Å². The van der Waals surface area contributed by atoms with Gasteiger partial charge in [0.25, 0.3) is 0 Å². The fraction of sp³-hybridized carbons (Fsp3) is 0.103. The van der Waals surface area contributed by atoms with Gasteiger partial charge in [-0.1, -0.05) is 111 Å². The molecule has 0 amide bonds. The van der Waals surface area contributed by atoms with Gasteiger partial charge >= 0.3 is 0 Å². The standard InChI is InChI=1S/C39H30N6/c1-5-41-31-23-22-29-28-21-20-27-26-18-12-13-19-30(26)39(2,3)32(27)34(28)45(35(29)33(31)40-4)38-43-36(24-14-8-6-9-15-24)42-37(44-38)25-16-10-7-11-17-25/h5-23H,4H2,1-3H3/b41-5-. The minimum atomic E-state index is -0.277. The van der Waals surface area contributed by atoms with Crippen LogP contribution in [0.1, 0.15) is 31.9 Å². The minimum absolute atomic E-state index is 0.277. The molecule has 5 aromatic carbocycles. The minimum Gasteiger partial charge on any atom is -0.275 e. The Morgan fingerprint density at radius 2 is 1.27 bits per heavy atom. The van der Waals surface area contributed by atoms with E-state index in [1.54, 1.807) is 6.21 Å². The summed E-state index contributed by atoms with van der Waals surface area (Å²) >= 11 is 0. The summed E-state index contributed by atoms with van der Waals surface area (Å²) in [4.78, 5) is 24.6. The van der Waals surface area contributed by atoms with Crippen molar-refractivity contribution in [3.8, 4) is 39.9 Å². The molecule has 6 heteroatoms. The highest BCUT2D eigenvalue weighted by Crippen LogP contribution is 2.54. The van der Waals surface area contributed by atoms with Crippen molar-refractivity contribution in [1.29, 1.82) is 0 Å². The van der Waals surface area contributed by atoms with Gasteiger partial charge in [0, 0.05) is 33.5 Å². The zero-order valence-electron chi connectivity index (χ0n) is 25.4. The SMILES string of the molecule is C=Nc1c(/N=C\C)ccc2c3ccc4c(c3n(-c3nc(-c5ccccc5)nc(-c5ccccc5)n3)c12)C(C)(C)c1ccccc1-4. The molecule has 216 valence electrons. The molecule has 45 heavy (non-hydrogen) atoms. The Hall–Kier alpha value is -5.75. The van der Waals surface area contributed by atoms with Crippen molar-refractivity contribution in [3.63, 3.8) is 0 Å². The molecule has 2 heterocycles. The molecular weight excluding hydrogens is 552 g/mol. The zero-order valence-corrected chi connectivity index (χ0v) is 25.4. The van der Waals surface area contributed by atoms with Gasteiger partial charge in [-0.25, -0.2) is 4.98 Å². The number of rotatable bonds is 5. The van der Waals surface area contributed by atoms with Gasteiger partial charge in [-0.05, 0) is 48.0 Å². The molecule has 2 aromatic heterocycles. The van der Waals surface area contributed by atoms with Crippen LogP contribution < -0.4 is 0 Å². The van der Waals surface area contributed by atoms with Gasteiger partial charge in [0.05, 0.1) is 16.7 Å². The van der Waals surface area contributed by atoms with Gasteiger partial charge in [0.1, 0.15) is 5.69 Å². The fourth-order valence-electron chi connectivity index (χ4n) is 6.92. The molecule has 8 rings (SSSR count). The van der Waals surface area contributed by atoms with Crippen LogP contribution in [0.3, 0.4) is 0 Å². The smallest absolute Gasteiger partial charge is 0.238 e. The molecule has 0 radical (unpaired) electrons. The Labute approximate surface area is 261 Å². The van der Waals surface area contributed by atoms with Crippen molar-refractivity contribution in [2.75, 3.05) is 0 Å². The highest BCUT2D eigenvalue weighted by Gasteiger charge is 2.39. The summed E-state index contributed by atoms with van der Waals surface area (Å²) in [5.74, 6) is 1.71. The Morgan fingerprint density at radius 1 is 0.667 bits per heavy atom. The third-order valence-corrected chi connectivity index (χ3v) is 8.87. The second-order valence-electron chi connectivity index (χ2n) is 11.8. The molecule has 0 saturated heterocycles. The summed E-state index contributed by atoms with van der Waals surface area (Å²) in [5.41, 5.74) is 9.89. The van der Waals surface area contributed by atoms with Gasteiger partial charge in [-0.15, -0.1) is 0 Å². The van der Waals surface area contributed by atoms with E-state index in [0.717, 1.165) is 38.6 Å². The van der Waals surface area contributed by atoms with Crippen LogP contribution in [0, 0.1) is 0 Å². The summed E-state index contributed by atoms with van der Waals surface area (Å²) in [6.45, 7) is 10.5. The molecule has 7 aromatic rings. The van der Waals surface area contributed by atoms with Crippen molar-refractivity contribution >= 4 is 46.1 Å². The van der Waals surface area contributed by atoms with E-state index in [1.807, 2.05) is 73.7 Å². The Morgan fingerprint density at radius 3 is 1.91 bits per heavy atom. The van der Waals surface area contributed by atoms with Crippen molar-refractivity contribution in [2.45, 2.75) is 26.2 Å². The van der Waals surface area contributed by atoms with Crippen LogP contribution in [-0.2, 0) is 5.41 Å². The summed E-state index contributed by atoms with van der Waals surface area (Å²) < 4.78 is 2.18. The monoisotopic (exact) mass is 582 g/mol. The predicted molar refractivity (Wildman–Crippen MR) is 186 cm³/mol. The lowest BCUT2D eigenvalue weighted by Crippen LogP contribution is -2.17. The number of hydrogen-bond donors (Lipinski definition) is 0. The van der Waals surface area contributed by atoms with Crippen LogP contribution in [0.25, 0.3) is 61.7 Å². The molecule has 0 bridgehead atoms. The number of nitrogens with zero attached hydrogens (tertiary/aromatic N) is 6. The van der Waals surface area contributed by atoms with Crippen molar-refractivity contribution < 1.29 is 0 Å². The molecule has 0 saturated carbocycles. The molecule has 0 aliphatic heterocycles. The maximum atomic E-state index is 5.19. The number of benzene rings is 5.